The van der Waals surface area contributed by atoms with Crippen LogP contribution in [0.3, 0.4) is 0 Å². The molecule has 5 heteroatoms. The Morgan fingerprint density at radius 2 is 1.36 bits per heavy atom. The van der Waals surface area contributed by atoms with Crippen LogP contribution in [-0.2, 0) is 0 Å². The van der Waals surface area contributed by atoms with Crippen molar-refractivity contribution in [1.82, 2.24) is 0 Å². The lowest BCUT2D eigenvalue weighted by atomic mass is 10.2. The van der Waals surface area contributed by atoms with Gasteiger partial charge in [-0.2, -0.15) is 0 Å². The van der Waals surface area contributed by atoms with Gasteiger partial charge in [0, 0.05) is 21.2 Å². The Hall–Kier alpha value is -2.63. The first-order valence-corrected chi connectivity index (χ1v) is 10.4. The highest BCUT2D eigenvalue weighted by Gasteiger charge is 2.17. The topological polar surface area (TPSA) is 50.4 Å². The second-order valence-electron chi connectivity index (χ2n) is 6.56. The quantitative estimate of drug-likeness (QED) is 0.396. The molecule has 1 N–H and O–H groups in total. The summed E-state index contributed by atoms with van der Waals surface area (Å²) in [6, 6.07) is 21.2. The van der Waals surface area contributed by atoms with Crippen LogP contribution in [0.25, 0.3) is 11.0 Å². The van der Waals surface area contributed by atoms with Gasteiger partial charge in [0.1, 0.15) is 5.75 Å². The Bertz CT molecular complexity index is 1190. The van der Waals surface area contributed by atoms with Gasteiger partial charge in [-0.1, -0.05) is 58.9 Å². The first-order chi connectivity index (χ1) is 13.5. The van der Waals surface area contributed by atoms with Crippen molar-refractivity contribution in [3.63, 3.8) is 0 Å². The fourth-order valence-corrected chi connectivity index (χ4v) is 4.72. The molecule has 4 aromatic rings. The SMILES string of the molecule is Cc1ccc(Sc2cc3ccc(=O)oc3c(Sc3ccc(C)cc3)c2O)cc1. The maximum atomic E-state index is 11.8. The number of rotatable bonds is 4. The molecule has 0 spiro atoms. The minimum absolute atomic E-state index is 0.123. The molecular formula is C23H18O3S2. The lowest BCUT2D eigenvalue weighted by molar-refractivity contribution is 0.445. The van der Waals surface area contributed by atoms with E-state index in [1.807, 2.05) is 68.4 Å². The van der Waals surface area contributed by atoms with E-state index in [0.717, 1.165) is 25.6 Å². The molecule has 0 unspecified atom stereocenters. The molecule has 3 aromatic carbocycles. The minimum atomic E-state index is -0.434. The lowest BCUT2D eigenvalue weighted by Crippen LogP contribution is -1.96. The first-order valence-electron chi connectivity index (χ1n) is 8.78. The fraction of sp³-hybridized carbons (Fsp3) is 0.0870. The van der Waals surface area contributed by atoms with Crippen LogP contribution in [0.4, 0.5) is 0 Å². The van der Waals surface area contributed by atoms with E-state index in [-0.39, 0.29) is 5.75 Å². The Labute approximate surface area is 171 Å². The molecule has 28 heavy (non-hydrogen) atoms. The van der Waals surface area contributed by atoms with Crippen LogP contribution >= 0.6 is 23.5 Å². The monoisotopic (exact) mass is 406 g/mol. The predicted molar refractivity (Wildman–Crippen MR) is 115 cm³/mol. The average Bonchev–Trinajstić information content (AvgIpc) is 2.69. The van der Waals surface area contributed by atoms with Gasteiger partial charge in [0.25, 0.3) is 0 Å². The number of aromatic hydroxyl groups is 1. The van der Waals surface area contributed by atoms with Gasteiger partial charge in [0.05, 0.1) is 9.79 Å². The smallest absolute Gasteiger partial charge is 0.336 e. The molecule has 1 heterocycles. The second-order valence-corrected chi connectivity index (χ2v) is 8.75. The van der Waals surface area contributed by atoms with E-state index in [9.17, 15) is 9.90 Å². The summed E-state index contributed by atoms with van der Waals surface area (Å²) in [5.74, 6) is 0.123. The first kappa shape index (κ1) is 18.7. The number of hydrogen-bond donors (Lipinski definition) is 1. The number of fused-ring (bicyclic) bond motifs is 1. The fourth-order valence-electron chi connectivity index (χ4n) is 2.78. The Morgan fingerprint density at radius 1 is 0.786 bits per heavy atom. The van der Waals surface area contributed by atoms with E-state index < -0.39 is 5.63 Å². The van der Waals surface area contributed by atoms with Crippen LogP contribution in [-0.4, -0.2) is 5.11 Å². The van der Waals surface area contributed by atoms with E-state index >= 15 is 0 Å². The highest BCUT2D eigenvalue weighted by atomic mass is 32.2. The van der Waals surface area contributed by atoms with Crippen LogP contribution in [0.5, 0.6) is 5.75 Å². The van der Waals surface area contributed by atoms with E-state index in [4.69, 9.17) is 4.42 Å². The molecular weight excluding hydrogens is 388 g/mol. The Morgan fingerprint density at radius 3 is 1.96 bits per heavy atom. The molecule has 0 radical (unpaired) electrons. The number of hydrogen-bond acceptors (Lipinski definition) is 5. The highest BCUT2D eigenvalue weighted by molar-refractivity contribution is 8.00. The molecule has 0 saturated carbocycles. The summed E-state index contributed by atoms with van der Waals surface area (Å²) in [6.45, 7) is 4.07. The van der Waals surface area contributed by atoms with Gasteiger partial charge < -0.3 is 9.52 Å². The van der Waals surface area contributed by atoms with Gasteiger partial charge in [0.15, 0.2) is 5.58 Å². The summed E-state index contributed by atoms with van der Waals surface area (Å²) >= 11 is 2.88. The minimum Gasteiger partial charge on any atom is -0.505 e. The predicted octanol–water partition coefficient (Wildman–Crippen LogP) is 6.42. The maximum absolute atomic E-state index is 11.8. The highest BCUT2D eigenvalue weighted by Crippen LogP contribution is 2.46. The number of benzene rings is 3. The summed E-state index contributed by atoms with van der Waals surface area (Å²) in [7, 11) is 0. The molecule has 0 aliphatic rings. The zero-order valence-corrected chi connectivity index (χ0v) is 17.1. The molecule has 0 aliphatic heterocycles. The van der Waals surface area contributed by atoms with Gasteiger partial charge in [-0.15, -0.1) is 0 Å². The maximum Gasteiger partial charge on any atom is 0.336 e. The molecule has 4 rings (SSSR count). The number of phenolic OH excluding ortho intramolecular Hbond substituents is 1. The molecule has 0 amide bonds. The summed E-state index contributed by atoms with van der Waals surface area (Å²) in [6.07, 6.45) is 0. The van der Waals surface area contributed by atoms with Crippen molar-refractivity contribution >= 4 is 34.5 Å². The average molecular weight is 407 g/mol. The molecule has 0 atom stereocenters. The van der Waals surface area contributed by atoms with Crippen molar-refractivity contribution in [2.24, 2.45) is 0 Å². The molecule has 0 saturated heterocycles. The van der Waals surface area contributed by atoms with E-state index in [2.05, 4.69) is 0 Å². The van der Waals surface area contributed by atoms with E-state index in [1.165, 1.54) is 35.2 Å². The molecule has 0 fully saturated rings. The molecule has 1 aromatic heterocycles. The lowest BCUT2D eigenvalue weighted by Gasteiger charge is -2.12. The normalized spacial score (nSPS) is 11.1. The van der Waals surface area contributed by atoms with Crippen molar-refractivity contribution in [2.45, 2.75) is 33.4 Å². The third-order valence-electron chi connectivity index (χ3n) is 4.29. The van der Waals surface area contributed by atoms with Crippen molar-refractivity contribution in [2.75, 3.05) is 0 Å². The zero-order chi connectivity index (χ0) is 19.7. The summed E-state index contributed by atoms with van der Waals surface area (Å²) in [5, 5.41) is 11.8. The number of aryl methyl sites for hydroxylation is 2. The third kappa shape index (κ3) is 3.96. The Kier molecular flexibility index (Phi) is 5.20. The molecule has 0 aliphatic carbocycles. The zero-order valence-electron chi connectivity index (χ0n) is 15.4. The van der Waals surface area contributed by atoms with Gasteiger partial charge in [-0.3, -0.25) is 0 Å². The van der Waals surface area contributed by atoms with Crippen LogP contribution in [0, 0.1) is 13.8 Å². The summed E-state index contributed by atoms with van der Waals surface area (Å²) < 4.78 is 5.44. The Balaban J connectivity index is 1.83. The second kappa shape index (κ2) is 7.78. The van der Waals surface area contributed by atoms with Crippen LogP contribution in [0.15, 0.2) is 95.5 Å². The third-order valence-corrected chi connectivity index (χ3v) is 6.42. The van der Waals surface area contributed by atoms with Crippen molar-refractivity contribution in [3.05, 3.63) is 88.3 Å². The van der Waals surface area contributed by atoms with Crippen molar-refractivity contribution in [3.8, 4) is 5.75 Å². The van der Waals surface area contributed by atoms with Crippen LogP contribution in [0.2, 0.25) is 0 Å². The van der Waals surface area contributed by atoms with Gasteiger partial charge in [-0.05, 0) is 50.2 Å². The van der Waals surface area contributed by atoms with Gasteiger partial charge >= 0.3 is 5.63 Å². The molecule has 0 bridgehead atoms. The largest absolute Gasteiger partial charge is 0.505 e. The van der Waals surface area contributed by atoms with Crippen LogP contribution < -0.4 is 5.63 Å². The summed E-state index contributed by atoms with van der Waals surface area (Å²) in [4.78, 5) is 15.1. The standard InChI is InChI=1S/C23H18O3S2/c1-14-3-8-17(9-4-14)27-19-13-16-7-12-20(24)26-22(16)23(21(19)25)28-18-10-5-15(2)6-11-18/h3-13,25H,1-2H3. The van der Waals surface area contributed by atoms with E-state index in [1.54, 1.807) is 6.07 Å². The van der Waals surface area contributed by atoms with Crippen LogP contribution in [0.1, 0.15) is 11.1 Å². The molecule has 140 valence electrons. The van der Waals surface area contributed by atoms with Crippen molar-refractivity contribution < 1.29 is 9.52 Å². The molecule has 3 nitrogen and oxygen atoms in total. The number of phenols is 1. The van der Waals surface area contributed by atoms with Gasteiger partial charge in [-0.25, -0.2) is 4.79 Å². The van der Waals surface area contributed by atoms with Crippen molar-refractivity contribution in [1.29, 1.82) is 0 Å². The summed E-state index contributed by atoms with van der Waals surface area (Å²) in [5.41, 5.74) is 2.32. The van der Waals surface area contributed by atoms with E-state index in [0.29, 0.717) is 10.5 Å². The van der Waals surface area contributed by atoms with Gasteiger partial charge in [0.2, 0.25) is 0 Å².